The van der Waals surface area contributed by atoms with E-state index in [4.69, 9.17) is 4.74 Å². The minimum absolute atomic E-state index is 0.549. The lowest BCUT2D eigenvalue weighted by Gasteiger charge is -2.09. The normalized spacial score (nSPS) is 10.2. The van der Waals surface area contributed by atoms with Gasteiger partial charge in [0.05, 0.1) is 5.69 Å². The molecule has 82 valence electrons. The fourth-order valence-corrected chi connectivity index (χ4v) is 1.80. The molecular formula is C12H11BrN2O. The van der Waals surface area contributed by atoms with Gasteiger partial charge in [0.25, 0.3) is 0 Å². The second-order valence-electron chi connectivity index (χ2n) is 3.46. The van der Waals surface area contributed by atoms with Crippen molar-refractivity contribution in [1.82, 2.24) is 9.97 Å². The molecule has 0 aliphatic heterocycles. The lowest BCUT2D eigenvalue weighted by molar-refractivity contribution is 0.452. The molecule has 4 heteroatoms. The standard InChI is InChI=1S/C12H11BrN2O/c1-8-7-10(13)3-4-11(8)16-12-9(2)14-5-6-15-12/h3-7H,1-2H3. The molecule has 0 amide bonds. The summed E-state index contributed by atoms with van der Waals surface area (Å²) < 4.78 is 6.74. The summed E-state index contributed by atoms with van der Waals surface area (Å²) >= 11 is 3.41. The molecule has 0 saturated carbocycles. The molecule has 0 bridgehead atoms. The van der Waals surface area contributed by atoms with Crippen LogP contribution in [0.4, 0.5) is 0 Å². The highest BCUT2D eigenvalue weighted by molar-refractivity contribution is 9.10. The van der Waals surface area contributed by atoms with Crippen LogP contribution < -0.4 is 4.74 Å². The Labute approximate surface area is 103 Å². The van der Waals surface area contributed by atoms with Crippen molar-refractivity contribution in [1.29, 1.82) is 0 Å². The minimum atomic E-state index is 0.549. The van der Waals surface area contributed by atoms with Gasteiger partial charge in [0.15, 0.2) is 0 Å². The molecular weight excluding hydrogens is 268 g/mol. The van der Waals surface area contributed by atoms with Crippen LogP contribution in [0.3, 0.4) is 0 Å². The van der Waals surface area contributed by atoms with Crippen LogP contribution in [0.25, 0.3) is 0 Å². The smallest absolute Gasteiger partial charge is 0.240 e. The Balaban J connectivity index is 2.31. The fraction of sp³-hybridized carbons (Fsp3) is 0.167. The van der Waals surface area contributed by atoms with Crippen molar-refractivity contribution in [3.63, 3.8) is 0 Å². The topological polar surface area (TPSA) is 35.0 Å². The average Bonchev–Trinajstić information content (AvgIpc) is 2.25. The Bertz CT molecular complexity index is 514. The van der Waals surface area contributed by atoms with E-state index in [2.05, 4.69) is 25.9 Å². The summed E-state index contributed by atoms with van der Waals surface area (Å²) in [4.78, 5) is 8.27. The number of hydrogen-bond donors (Lipinski definition) is 0. The molecule has 0 aliphatic rings. The first kappa shape index (κ1) is 11.1. The van der Waals surface area contributed by atoms with Gasteiger partial charge in [-0.25, -0.2) is 4.98 Å². The van der Waals surface area contributed by atoms with Crippen molar-refractivity contribution in [3.05, 3.63) is 46.3 Å². The highest BCUT2D eigenvalue weighted by Gasteiger charge is 2.05. The molecule has 2 rings (SSSR count). The summed E-state index contributed by atoms with van der Waals surface area (Å²) in [5.74, 6) is 1.35. The van der Waals surface area contributed by atoms with Crippen LogP contribution in [-0.4, -0.2) is 9.97 Å². The minimum Gasteiger partial charge on any atom is -0.437 e. The Kier molecular flexibility index (Phi) is 3.19. The zero-order valence-corrected chi connectivity index (χ0v) is 10.7. The first-order chi connectivity index (χ1) is 7.66. The summed E-state index contributed by atoms with van der Waals surface area (Å²) in [6.45, 7) is 3.86. The SMILES string of the molecule is Cc1cc(Br)ccc1Oc1nccnc1C. The van der Waals surface area contributed by atoms with E-state index in [0.29, 0.717) is 5.88 Å². The van der Waals surface area contributed by atoms with E-state index < -0.39 is 0 Å². The Morgan fingerprint density at radius 1 is 1.12 bits per heavy atom. The highest BCUT2D eigenvalue weighted by Crippen LogP contribution is 2.27. The lowest BCUT2D eigenvalue weighted by atomic mass is 10.2. The van der Waals surface area contributed by atoms with E-state index >= 15 is 0 Å². The van der Waals surface area contributed by atoms with Crippen LogP contribution >= 0.6 is 15.9 Å². The molecule has 3 nitrogen and oxygen atoms in total. The summed E-state index contributed by atoms with van der Waals surface area (Å²) in [6.07, 6.45) is 3.27. The van der Waals surface area contributed by atoms with Crippen molar-refractivity contribution < 1.29 is 4.74 Å². The number of hydrogen-bond acceptors (Lipinski definition) is 3. The summed E-state index contributed by atoms with van der Waals surface area (Å²) in [5.41, 5.74) is 1.84. The van der Waals surface area contributed by atoms with Gasteiger partial charge in [0.2, 0.25) is 5.88 Å². The molecule has 0 spiro atoms. The number of benzene rings is 1. The maximum Gasteiger partial charge on any atom is 0.240 e. The van der Waals surface area contributed by atoms with Gasteiger partial charge in [-0.1, -0.05) is 15.9 Å². The molecule has 0 aliphatic carbocycles. The molecule has 2 aromatic rings. The van der Waals surface area contributed by atoms with E-state index in [1.807, 2.05) is 32.0 Å². The molecule has 0 N–H and O–H groups in total. The van der Waals surface area contributed by atoms with Gasteiger partial charge >= 0.3 is 0 Å². The molecule has 0 atom stereocenters. The molecule has 1 heterocycles. The van der Waals surface area contributed by atoms with Crippen LogP contribution in [0.1, 0.15) is 11.3 Å². The van der Waals surface area contributed by atoms with E-state index in [0.717, 1.165) is 21.5 Å². The van der Waals surface area contributed by atoms with Gasteiger partial charge in [-0.15, -0.1) is 0 Å². The number of aromatic nitrogens is 2. The molecule has 0 unspecified atom stereocenters. The zero-order chi connectivity index (χ0) is 11.5. The maximum atomic E-state index is 5.70. The molecule has 0 saturated heterocycles. The van der Waals surface area contributed by atoms with Crippen molar-refractivity contribution in [3.8, 4) is 11.6 Å². The Morgan fingerprint density at radius 2 is 1.88 bits per heavy atom. The number of rotatable bonds is 2. The van der Waals surface area contributed by atoms with Crippen molar-refractivity contribution in [2.45, 2.75) is 13.8 Å². The van der Waals surface area contributed by atoms with Crippen LogP contribution in [0, 0.1) is 13.8 Å². The number of halogens is 1. The Hall–Kier alpha value is -1.42. The third kappa shape index (κ3) is 2.39. The van der Waals surface area contributed by atoms with Gasteiger partial charge in [0.1, 0.15) is 5.75 Å². The van der Waals surface area contributed by atoms with Crippen LogP contribution in [0.2, 0.25) is 0 Å². The number of ether oxygens (including phenoxy) is 1. The fourth-order valence-electron chi connectivity index (χ4n) is 1.33. The molecule has 0 radical (unpaired) electrons. The van der Waals surface area contributed by atoms with E-state index in [1.54, 1.807) is 12.4 Å². The van der Waals surface area contributed by atoms with Gasteiger partial charge in [-0.3, -0.25) is 4.98 Å². The average molecular weight is 279 g/mol. The van der Waals surface area contributed by atoms with E-state index in [9.17, 15) is 0 Å². The van der Waals surface area contributed by atoms with Gasteiger partial charge < -0.3 is 4.74 Å². The lowest BCUT2D eigenvalue weighted by Crippen LogP contribution is -1.94. The largest absolute Gasteiger partial charge is 0.437 e. The van der Waals surface area contributed by atoms with Crippen molar-refractivity contribution in [2.24, 2.45) is 0 Å². The van der Waals surface area contributed by atoms with E-state index in [1.165, 1.54) is 0 Å². The monoisotopic (exact) mass is 278 g/mol. The number of aryl methyl sites for hydroxylation is 2. The highest BCUT2D eigenvalue weighted by atomic mass is 79.9. The van der Waals surface area contributed by atoms with Crippen LogP contribution in [-0.2, 0) is 0 Å². The molecule has 1 aromatic carbocycles. The zero-order valence-electron chi connectivity index (χ0n) is 9.07. The quantitative estimate of drug-likeness (QED) is 0.841. The first-order valence-electron chi connectivity index (χ1n) is 4.88. The third-order valence-electron chi connectivity index (χ3n) is 2.18. The van der Waals surface area contributed by atoms with Crippen molar-refractivity contribution >= 4 is 15.9 Å². The summed E-state index contributed by atoms with van der Waals surface area (Å²) in [5, 5.41) is 0. The van der Waals surface area contributed by atoms with Crippen LogP contribution in [0.5, 0.6) is 11.6 Å². The predicted molar refractivity (Wildman–Crippen MR) is 65.7 cm³/mol. The van der Waals surface area contributed by atoms with Gasteiger partial charge in [0, 0.05) is 16.9 Å². The molecule has 1 aromatic heterocycles. The summed E-state index contributed by atoms with van der Waals surface area (Å²) in [7, 11) is 0. The third-order valence-corrected chi connectivity index (χ3v) is 2.67. The van der Waals surface area contributed by atoms with E-state index in [-0.39, 0.29) is 0 Å². The van der Waals surface area contributed by atoms with Gasteiger partial charge in [-0.05, 0) is 37.6 Å². The van der Waals surface area contributed by atoms with Crippen molar-refractivity contribution in [2.75, 3.05) is 0 Å². The number of nitrogens with zero attached hydrogens (tertiary/aromatic N) is 2. The maximum absolute atomic E-state index is 5.70. The molecule has 16 heavy (non-hydrogen) atoms. The Morgan fingerprint density at radius 3 is 2.56 bits per heavy atom. The second kappa shape index (κ2) is 4.61. The van der Waals surface area contributed by atoms with Crippen LogP contribution in [0.15, 0.2) is 35.1 Å². The predicted octanol–water partition coefficient (Wildman–Crippen LogP) is 3.65. The molecule has 0 fully saturated rings. The first-order valence-corrected chi connectivity index (χ1v) is 5.68. The second-order valence-corrected chi connectivity index (χ2v) is 4.37. The summed E-state index contributed by atoms with van der Waals surface area (Å²) in [6, 6.07) is 5.85. The van der Waals surface area contributed by atoms with Gasteiger partial charge in [-0.2, -0.15) is 0 Å².